The summed E-state index contributed by atoms with van der Waals surface area (Å²) in [5.74, 6) is 2.37. The van der Waals surface area contributed by atoms with Crippen LogP contribution in [0.1, 0.15) is 44.6 Å². The normalized spacial score (nSPS) is 17.0. The minimum Gasteiger partial charge on any atom is -0.497 e. The van der Waals surface area contributed by atoms with E-state index in [1.54, 1.807) is 14.2 Å². The Morgan fingerprint density at radius 2 is 1.90 bits per heavy atom. The Morgan fingerprint density at radius 1 is 1.17 bits per heavy atom. The first kappa shape index (κ1) is 22.2. The minimum absolute atomic E-state index is 0.113. The zero-order chi connectivity index (χ0) is 21.7. The fourth-order valence-electron chi connectivity index (χ4n) is 3.88. The molecule has 0 amide bonds. The molecular weight excluding hydrogens is 380 g/mol. The molecule has 1 aliphatic heterocycles. The van der Waals surface area contributed by atoms with Crippen molar-refractivity contribution in [2.75, 3.05) is 46.9 Å². The number of tetrazole rings is 1. The van der Waals surface area contributed by atoms with Gasteiger partial charge in [0, 0.05) is 44.4 Å². The van der Waals surface area contributed by atoms with Crippen LogP contribution < -0.4 is 9.47 Å². The van der Waals surface area contributed by atoms with E-state index < -0.39 is 0 Å². The van der Waals surface area contributed by atoms with Crippen molar-refractivity contribution in [3.63, 3.8) is 0 Å². The van der Waals surface area contributed by atoms with E-state index in [-0.39, 0.29) is 11.6 Å². The number of benzene rings is 1. The Balaban J connectivity index is 2.06. The molecule has 0 N–H and O–H groups in total. The lowest BCUT2D eigenvalue weighted by Gasteiger charge is -2.39. The number of nitrogens with zero attached hydrogens (tertiary/aromatic N) is 6. The van der Waals surface area contributed by atoms with Gasteiger partial charge in [-0.15, -0.1) is 11.7 Å². The maximum atomic E-state index is 5.76. The standard InChI is InChI=1S/C22H34N6O2/c1-7-11-26-12-14-27(15-13-26)20(18-10-9-17(29-5)16-19(18)30-6)21-23-24-25-28(21)22(3,4)8-2/h7,9-10,16,20H,1,8,11-15H2,2-6H3. The molecule has 8 nitrogen and oxygen atoms in total. The molecule has 2 aromatic rings. The summed E-state index contributed by atoms with van der Waals surface area (Å²) in [7, 11) is 3.35. The molecule has 2 heterocycles. The van der Waals surface area contributed by atoms with Crippen LogP contribution in [0.4, 0.5) is 0 Å². The minimum atomic E-state index is -0.193. The highest BCUT2D eigenvalue weighted by Crippen LogP contribution is 2.37. The molecular formula is C22H34N6O2. The maximum Gasteiger partial charge on any atom is 0.173 e. The molecule has 0 radical (unpaired) electrons. The van der Waals surface area contributed by atoms with Gasteiger partial charge in [-0.3, -0.25) is 9.80 Å². The largest absolute Gasteiger partial charge is 0.497 e. The van der Waals surface area contributed by atoms with Gasteiger partial charge in [0.2, 0.25) is 0 Å². The third kappa shape index (κ3) is 4.49. The van der Waals surface area contributed by atoms with Crippen LogP contribution in [0.2, 0.25) is 0 Å². The first-order valence-electron chi connectivity index (χ1n) is 10.5. The highest BCUT2D eigenvalue weighted by molar-refractivity contribution is 5.44. The van der Waals surface area contributed by atoms with E-state index in [0.717, 1.165) is 62.0 Å². The van der Waals surface area contributed by atoms with Crippen molar-refractivity contribution in [3.05, 3.63) is 42.2 Å². The highest BCUT2D eigenvalue weighted by Gasteiger charge is 2.35. The zero-order valence-electron chi connectivity index (χ0n) is 18.8. The second-order valence-corrected chi connectivity index (χ2v) is 8.25. The predicted octanol–water partition coefficient (Wildman–Crippen LogP) is 2.73. The SMILES string of the molecule is C=CCN1CCN(C(c2ccc(OC)cc2OC)c2nnnn2C(C)(C)CC)CC1. The number of piperazine rings is 1. The molecule has 0 bridgehead atoms. The molecule has 3 rings (SSSR count). The van der Waals surface area contributed by atoms with Crippen LogP contribution in [0, 0.1) is 0 Å². The molecule has 8 heteroatoms. The summed E-state index contributed by atoms with van der Waals surface area (Å²) < 4.78 is 13.1. The molecule has 0 aliphatic carbocycles. The monoisotopic (exact) mass is 414 g/mol. The molecule has 1 unspecified atom stereocenters. The zero-order valence-corrected chi connectivity index (χ0v) is 18.8. The van der Waals surface area contributed by atoms with Gasteiger partial charge in [0.15, 0.2) is 5.82 Å². The van der Waals surface area contributed by atoms with Crippen LogP contribution >= 0.6 is 0 Å². The van der Waals surface area contributed by atoms with Crippen molar-refractivity contribution >= 4 is 0 Å². The van der Waals surface area contributed by atoms with Gasteiger partial charge < -0.3 is 9.47 Å². The molecule has 0 saturated carbocycles. The van der Waals surface area contributed by atoms with Crippen molar-refractivity contribution in [1.29, 1.82) is 0 Å². The quantitative estimate of drug-likeness (QED) is 0.585. The molecule has 1 aromatic heterocycles. The maximum absolute atomic E-state index is 5.76. The summed E-state index contributed by atoms with van der Waals surface area (Å²) in [4.78, 5) is 4.85. The van der Waals surface area contributed by atoms with Gasteiger partial charge >= 0.3 is 0 Å². The van der Waals surface area contributed by atoms with E-state index in [0.29, 0.717) is 0 Å². The van der Waals surface area contributed by atoms with E-state index >= 15 is 0 Å². The summed E-state index contributed by atoms with van der Waals surface area (Å²) in [5, 5.41) is 12.9. The Hall–Kier alpha value is -2.45. The van der Waals surface area contributed by atoms with Gasteiger partial charge in [0.1, 0.15) is 17.5 Å². The lowest BCUT2D eigenvalue weighted by molar-refractivity contribution is 0.108. The molecule has 30 heavy (non-hydrogen) atoms. The number of rotatable bonds is 9. The van der Waals surface area contributed by atoms with Gasteiger partial charge in [0.05, 0.1) is 19.8 Å². The Morgan fingerprint density at radius 3 is 2.50 bits per heavy atom. The first-order chi connectivity index (χ1) is 14.4. The average molecular weight is 415 g/mol. The number of hydrogen-bond acceptors (Lipinski definition) is 7. The molecule has 164 valence electrons. The summed E-state index contributed by atoms with van der Waals surface area (Å²) in [5.41, 5.74) is 0.847. The molecule has 1 fully saturated rings. The molecule has 1 aliphatic rings. The van der Waals surface area contributed by atoms with Gasteiger partial charge in [-0.05, 0) is 42.8 Å². The summed E-state index contributed by atoms with van der Waals surface area (Å²) >= 11 is 0. The van der Waals surface area contributed by atoms with Gasteiger partial charge in [-0.1, -0.05) is 13.0 Å². The number of methoxy groups -OCH3 is 2. The first-order valence-corrected chi connectivity index (χ1v) is 10.5. The third-order valence-electron chi connectivity index (χ3n) is 6.07. The van der Waals surface area contributed by atoms with Gasteiger partial charge in [-0.25, -0.2) is 4.68 Å². The number of aromatic nitrogens is 4. The third-order valence-corrected chi connectivity index (χ3v) is 6.07. The summed E-state index contributed by atoms with van der Waals surface area (Å²) in [6, 6.07) is 5.85. The van der Waals surface area contributed by atoms with Crippen LogP contribution in [-0.2, 0) is 5.54 Å². The second kappa shape index (κ2) is 9.57. The smallest absolute Gasteiger partial charge is 0.173 e. The van der Waals surface area contributed by atoms with E-state index in [9.17, 15) is 0 Å². The van der Waals surface area contributed by atoms with E-state index in [4.69, 9.17) is 9.47 Å². The van der Waals surface area contributed by atoms with E-state index in [1.165, 1.54) is 0 Å². The van der Waals surface area contributed by atoms with Crippen LogP contribution in [0.15, 0.2) is 30.9 Å². The summed E-state index contributed by atoms with van der Waals surface area (Å²) in [6.07, 6.45) is 2.88. The molecule has 0 spiro atoms. The van der Waals surface area contributed by atoms with Crippen LogP contribution in [-0.4, -0.2) is 77.0 Å². The number of hydrogen-bond donors (Lipinski definition) is 0. The van der Waals surface area contributed by atoms with Crippen molar-refractivity contribution in [3.8, 4) is 11.5 Å². The lowest BCUT2D eigenvalue weighted by atomic mass is 9.98. The van der Waals surface area contributed by atoms with Crippen molar-refractivity contribution in [2.24, 2.45) is 0 Å². The lowest BCUT2D eigenvalue weighted by Crippen LogP contribution is -2.48. The molecule has 1 atom stereocenters. The predicted molar refractivity (Wildman–Crippen MR) is 117 cm³/mol. The fourth-order valence-corrected chi connectivity index (χ4v) is 3.88. The molecule has 1 saturated heterocycles. The summed E-state index contributed by atoms with van der Waals surface area (Å²) in [6.45, 7) is 15.0. The van der Waals surface area contributed by atoms with Gasteiger partial charge in [0.25, 0.3) is 0 Å². The van der Waals surface area contributed by atoms with Crippen LogP contribution in [0.3, 0.4) is 0 Å². The topological polar surface area (TPSA) is 68.5 Å². The Labute approximate surface area is 179 Å². The van der Waals surface area contributed by atoms with Gasteiger partial charge in [-0.2, -0.15) is 0 Å². The number of ether oxygens (including phenoxy) is 2. The highest BCUT2D eigenvalue weighted by atomic mass is 16.5. The van der Waals surface area contributed by atoms with E-state index in [1.807, 2.05) is 22.9 Å². The Kier molecular flexibility index (Phi) is 7.10. The van der Waals surface area contributed by atoms with Crippen molar-refractivity contribution in [1.82, 2.24) is 30.0 Å². The van der Waals surface area contributed by atoms with Crippen molar-refractivity contribution < 1.29 is 9.47 Å². The van der Waals surface area contributed by atoms with Crippen LogP contribution in [0.5, 0.6) is 11.5 Å². The average Bonchev–Trinajstić information content (AvgIpc) is 3.26. The fraction of sp³-hybridized carbons (Fsp3) is 0.591. The molecule has 1 aromatic carbocycles. The Bertz CT molecular complexity index is 842. The van der Waals surface area contributed by atoms with Crippen molar-refractivity contribution in [2.45, 2.75) is 38.8 Å². The van der Waals surface area contributed by atoms with Crippen LogP contribution in [0.25, 0.3) is 0 Å². The van der Waals surface area contributed by atoms with E-state index in [2.05, 4.69) is 58.7 Å². The second-order valence-electron chi connectivity index (χ2n) is 8.25.